The average molecular weight is 249 g/mol. The molecule has 0 aromatic heterocycles. The summed E-state index contributed by atoms with van der Waals surface area (Å²) in [6.45, 7) is 6.47. The number of ether oxygens (including phenoxy) is 1. The van der Waals surface area contributed by atoms with Crippen LogP contribution >= 0.6 is 0 Å². The number of piperazine rings is 1. The lowest BCUT2D eigenvalue weighted by Crippen LogP contribution is -2.47. The van der Waals surface area contributed by atoms with Crippen molar-refractivity contribution in [3.8, 4) is 5.75 Å². The van der Waals surface area contributed by atoms with Gasteiger partial charge in [0.25, 0.3) is 0 Å². The van der Waals surface area contributed by atoms with Gasteiger partial charge < -0.3 is 15.4 Å². The highest BCUT2D eigenvalue weighted by molar-refractivity contribution is 5.33. The van der Waals surface area contributed by atoms with Gasteiger partial charge in [0.15, 0.2) is 0 Å². The van der Waals surface area contributed by atoms with Crippen molar-refractivity contribution in [2.75, 3.05) is 46.5 Å². The lowest BCUT2D eigenvalue weighted by molar-refractivity contribution is 0.224. The second-order valence-corrected chi connectivity index (χ2v) is 4.59. The summed E-state index contributed by atoms with van der Waals surface area (Å²) in [6.07, 6.45) is 1.01. The number of para-hydroxylation sites is 1. The first-order valence-corrected chi connectivity index (χ1v) is 6.66. The third-order valence-corrected chi connectivity index (χ3v) is 3.31. The molecule has 1 heterocycles. The fourth-order valence-corrected chi connectivity index (χ4v) is 2.24. The summed E-state index contributed by atoms with van der Waals surface area (Å²) in [5.74, 6) is 0.987. The molecule has 2 rings (SSSR count). The SMILES string of the molecule is COc1ccccc1CCNCN1CCNCC1. The van der Waals surface area contributed by atoms with Crippen LogP contribution in [0.2, 0.25) is 0 Å². The Morgan fingerprint density at radius 1 is 1.28 bits per heavy atom. The van der Waals surface area contributed by atoms with E-state index in [-0.39, 0.29) is 0 Å². The fraction of sp³-hybridized carbons (Fsp3) is 0.571. The second-order valence-electron chi connectivity index (χ2n) is 4.59. The highest BCUT2D eigenvalue weighted by Gasteiger charge is 2.08. The summed E-state index contributed by atoms with van der Waals surface area (Å²) < 4.78 is 5.35. The minimum absolute atomic E-state index is 0.983. The molecule has 2 N–H and O–H groups in total. The van der Waals surface area contributed by atoms with Gasteiger partial charge in [-0.15, -0.1) is 0 Å². The summed E-state index contributed by atoms with van der Waals surface area (Å²) in [6, 6.07) is 8.22. The Kier molecular flexibility index (Phi) is 5.45. The van der Waals surface area contributed by atoms with Gasteiger partial charge in [-0.05, 0) is 18.1 Å². The Morgan fingerprint density at radius 3 is 2.83 bits per heavy atom. The number of hydrogen-bond acceptors (Lipinski definition) is 4. The summed E-state index contributed by atoms with van der Waals surface area (Å²) in [5, 5.41) is 6.86. The number of rotatable bonds is 6. The molecule has 0 atom stereocenters. The molecule has 0 saturated carbocycles. The third kappa shape index (κ3) is 3.98. The van der Waals surface area contributed by atoms with Gasteiger partial charge in [0.1, 0.15) is 5.75 Å². The van der Waals surface area contributed by atoms with E-state index in [0.29, 0.717) is 0 Å². The van der Waals surface area contributed by atoms with Gasteiger partial charge in [-0.3, -0.25) is 4.90 Å². The molecule has 0 radical (unpaired) electrons. The minimum atomic E-state index is 0.983. The quantitative estimate of drug-likeness (QED) is 0.727. The van der Waals surface area contributed by atoms with E-state index in [2.05, 4.69) is 27.7 Å². The molecule has 1 aromatic carbocycles. The van der Waals surface area contributed by atoms with Crippen molar-refractivity contribution in [2.45, 2.75) is 6.42 Å². The van der Waals surface area contributed by atoms with Crippen molar-refractivity contribution in [1.82, 2.24) is 15.5 Å². The molecule has 100 valence electrons. The van der Waals surface area contributed by atoms with Gasteiger partial charge in [0, 0.05) is 39.4 Å². The van der Waals surface area contributed by atoms with E-state index in [4.69, 9.17) is 4.74 Å². The summed E-state index contributed by atoms with van der Waals surface area (Å²) in [5.41, 5.74) is 1.27. The zero-order valence-corrected chi connectivity index (χ0v) is 11.1. The molecular formula is C14H23N3O. The Bertz CT molecular complexity index is 351. The predicted molar refractivity (Wildman–Crippen MR) is 74.0 cm³/mol. The molecule has 4 nitrogen and oxygen atoms in total. The highest BCUT2D eigenvalue weighted by Crippen LogP contribution is 2.17. The maximum absolute atomic E-state index is 5.35. The molecule has 1 saturated heterocycles. The van der Waals surface area contributed by atoms with Crippen molar-refractivity contribution in [1.29, 1.82) is 0 Å². The Morgan fingerprint density at radius 2 is 2.06 bits per heavy atom. The van der Waals surface area contributed by atoms with E-state index < -0.39 is 0 Å². The maximum atomic E-state index is 5.35. The van der Waals surface area contributed by atoms with Crippen LogP contribution in [0.3, 0.4) is 0 Å². The Balaban J connectivity index is 1.68. The van der Waals surface area contributed by atoms with E-state index in [0.717, 1.165) is 51.6 Å². The van der Waals surface area contributed by atoms with E-state index >= 15 is 0 Å². The van der Waals surface area contributed by atoms with Gasteiger partial charge >= 0.3 is 0 Å². The van der Waals surface area contributed by atoms with Crippen LogP contribution < -0.4 is 15.4 Å². The van der Waals surface area contributed by atoms with Crippen molar-refractivity contribution in [3.63, 3.8) is 0 Å². The van der Waals surface area contributed by atoms with Crippen molar-refractivity contribution in [2.24, 2.45) is 0 Å². The number of nitrogens with one attached hydrogen (secondary N) is 2. The smallest absolute Gasteiger partial charge is 0.122 e. The molecule has 18 heavy (non-hydrogen) atoms. The van der Waals surface area contributed by atoms with Crippen molar-refractivity contribution < 1.29 is 4.74 Å². The van der Waals surface area contributed by atoms with Gasteiger partial charge in [-0.25, -0.2) is 0 Å². The van der Waals surface area contributed by atoms with E-state index in [1.165, 1.54) is 5.56 Å². The number of benzene rings is 1. The number of methoxy groups -OCH3 is 1. The fourth-order valence-electron chi connectivity index (χ4n) is 2.24. The maximum Gasteiger partial charge on any atom is 0.122 e. The molecule has 0 spiro atoms. The van der Waals surface area contributed by atoms with Crippen LogP contribution in [-0.2, 0) is 6.42 Å². The molecule has 1 aromatic rings. The predicted octanol–water partition coefficient (Wildman–Crippen LogP) is 0.690. The number of nitrogens with zero attached hydrogens (tertiary/aromatic N) is 1. The van der Waals surface area contributed by atoms with Crippen LogP contribution in [0, 0.1) is 0 Å². The lowest BCUT2D eigenvalue weighted by Gasteiger charge is -2.27. The summed E-state index contributed by atoms with van der Waals surface area (Å²) in [7, 11) is 1.73. The normalized spacial score (nSPS) is 16.7. The van der Waals surface area contributed by atoms with Crippen LogP contribution in [0.15, 0.2) is 24.3 Å². The van der Waals surface area contributed by atoms with E-state index in [1.807, 2.05) is 12.1 Å². The summed E-state index contributed by atoms with van der Waals surface area (Å²) >= 11 is 0. The monoisotopic (exact) mass is 249 g/mol. The third-order valence-electron chi connectivity index (χ3n) is 3.31. The molecule has 0 aliphatic carbocycles. The molecule has 4 heteroatoms. The van der Waals surface area contributed by atoms with Crippen LogP contribution in [-0.4, -0.2) is 51.4 Å². The molecule has 0 bridgehead atoms. The van der Waals surface area contributed by atoms with Crippen LogP contribution in [0.5, 0.6) is 5.75 Å². The molecule has 1 aliphatic heterocycles. The van der Waals surface area contributed by atoms with Gasteiger partial charge in [-0.1, -0.05) is 18.2 Å². The largest absolute Gasteiger partial charge is 0.496 e. The molecule has 0 unspecified atom stereocenters. The number of hydrogen-bond donors (Lipinski definition) is 2. The molecule has 1 fully saturated rings. The highest BCUT2D eigenvalue weighted by atomic mass is 16.5. The Hall–Kier alpha value is -1.10. The molecular weight excluding hydrogens is 226 g/mol. The zero-order valence-electron chi connectivity index (χ0n) is 11.1. The first kappa shape index (κ1) is 13.3. The van der Waals surface area contributed by atoms with Crippen LogP contribution in [0.1, 0.15) is 5.56 Å². The van der Waals surface area contributed by atoms with E-state index in [9.17, 15) is 0 Å². The van der Waals surface area contributed by atoms with Crippen LogP contribution in [0.25, 0.3) is 0 Å². The first-order valence-electron chi connectivity index (χ1n) is 6.66. The topological polar surface area (TPSA) is 36.5 Å². The summed E-state index contributed by atoms with van der Waals surface area (Å²) in [4.78, 5) is 2.44. The molecule has 0 amide bonds. The zero-order chi connectivity index (χ0) is 12.6. The Labute approximate surface area is 109 Å². The minimum Gasteiger partial charge on any atom is -0.496 e. The lowest BCUT2D eigenvalue weighted by atomic mass is 10.1. The standard InChI is InChI=1S/C14H23N3O/c1-18-14-5-3-2-4-13(14)6-7-16-12-17-10-8-15-9-11-17/h2-5,15-16H,6-12H2,1H3. The first-order chi connectivity index (χ1) is 8.90. The van der Waals surface area contributed by atoms with E-state index in [1.54, 1.807) is 7.11 Å². The van der Waals surface area contributed by atoms with Crippen molar-refractivity contribution in [3.05, 3.63) is 29.8 Å². The molecule has 1 aliphatic rings. The van der Waals surface area contributed by atoms with Crippen LogP contribution in [0.4, 0.5) is 0 Å². The van der Waals surface area contributed by atoms with Gasteiger partial charge in [0.05, 0.1) is 7.11 Å². The van der Waals surface area contributed by atoms with Crippen molar-refractivity contribution >= 4 is 0 Å². The average Bonchev–Trinajstić information content (AvgIpc) is 2.45. The second kappa shape index (κ2) is 7.36. The van der Waals surface area contributed by atoms with Gasteiger partial charge in [-0.2, -0.15) is 0 Å². The van der Waals surface area contributed by atoms with Gasteiger partial charge in [0.2, 0.25) is 0 Å².